The van der Waals surface area contributed by atoms with E-state index in [0.29, 0.717) is 53.5 Å². The van der Waals surface area contributed by atoms with Crippen molar-refractivity contribution in [3.63, 3.8) is 0 Å². The number of fused-ring (bicyclic) bond motifs is 1. The fourth-order valence-corrected chi connectivity index (χ4v) is 5.42. The highest BCUT2D eigenvalue weighted by atomic mass is 35.5. The van der Waals surface area contributed by atoms with E-state index in [9.17, 15) is 13.8 Å². The first kappa shape index (κ1) is 27.2. The Morgan fingerprint density at radius 1 is 1.22 bits per heavy atom. The lowest BCUT2D eigenvalue weighted by molar-refractivity contribution is -0.114. The van der Waals surface area contributed by atoms with E-state index in [1.54, 1.807) is 26.0 Å². The van der Waals surface area contributed by atoms with Crippen LogP contribution >= 0.6 is 19.2 Å². The minimum absolute atomic E-state index is 0.0428. The van der Waals surface area contributed by atoms with E-state index in [2.05, 4.69) is 20.6 Å². The van der Waals surface area contributed by atoms with Crippen LogP contribution < -0.4 is 15.4 Å². The lowest BCUT2D eigenvalue weighted by Gasteiger charge is -2.19. The van der Waals surface area contributed by atoms with Crippen molar-refractivity contribution in [3.8, 4) is 5.75 Å². The first-order valence-corrected chi connectivity index (χ1v) is 13.8. The summed E-state index contributed by atoms with van der Waals surface area (Å²) in [6.45, 7) is 4.60. The first-order chi connectivity index (χ1) is 17.8. The molecule has 1 aromatic heterocycles. The molecule has 0 bridgehead atoms. The third kappa shape index (κ3) is 6.94. The molecule has 3 aromatic rings. The van der Waals surface area contributed by atoms with Gasteiger partial charge in [-0.25, -0.2) is 14.4 Å². The number of benzene rings is 2. The SMILES string of the molecule is CCOP(=O)(CC(=O)Nc1cc2c(Nc3ccc(F)c(Cl)c3)ncnc2cc1OC1CCOC1)OCC. The van der Waals surface area contributed by atoms with E-state index in [4.69, 9.17) is 30.1 Å². The molecule has 2 N–H and O–H groups in total. The maximum absolute atomic E-state index is 13.6. The van der Waals surface area contributed by atoms with Gasteiger partial charge in [0.05, 0.1) is 42.7 Å². The average molecular weight is 553 g/mol. The van der Waals surface area contributed by atoms with Gasteiger partial charge in [-0.05, 0) is 38.1 Å². The van der Waals surface area contributed by atoms with Crippen LogP contribution in [0.1, 0.15) is 20.3 Å². The van der Waals surface area contributed by atoms with Crippen LogP contribution in [0, 0.1) is 5.82 Å². The molecule has 0 aliphatic carbocycles. The number of carbonyl (C=O) groups is 1. The van der Waals surface area contributed by atoms with Crippen LogP contribution in [0.15, 0.2) is 36.7 Å². The zero-order valence-electron chi connectivity index (χ0n) is 20.3. The van der Waals surface area contributed by atoms with Gasteiger partial charge in [-0.15, -0.1) is 0 Å². The van der Waals surface area contributed by atoms with E-state index in [0.717, 1.165) is 0 Å². The zero-order chi connectivity index (χ0) is 26.4. The van der Waals surface area contributed by atoms with Crippen LogP contribution in [0.25, 0.3) is 10.9 Å². The number of carbonyl (C=O) groups excluding carboxylic acids is 1. The Labute approximate surface area is 218 Å². The van der Waals surface area contributed by atoms with Crippen molar-refractivity contribution < 1.29 is 32.3 Å². The van der Waals surface area contributed by atoms with Gasteiger partial charge < -0.3 is 29.2 Å². The number of aromatic nitrogens is 2. The minimum atomic E-state index is -3.62. The fourth-order valence-electron chi connectivity index (χ4n) is 3.76. The number of rotatable bonds is 11. The molecule has 4 rings (SSSR count). The van der Waals surface area contributed by atoms with Gasteiger partial charge in [0.15, 0.2) is 0 Å². The highest BCUT2D eigenvalue weighted by Crippen LogP contribution is 2.48. The van der Waals surface area contributed by atoms with Crippen molar-refractivity contribution in [2.45, 2.75) is 26.4 Å². The number of amides is 1. The summed E-state index contributed by atoms with van der Waals surface area (Å²) in [5, 5.41) is 6.37. The largest absolute Gasteiger partial charge is 0.486 e. The highest BCUT2D eigenvalue weighted by molar-refractivity contribution is 7.54. The van der Waals surface area contributed by atoms with Gasteiger partial charge in [-0.2, -0.15) is 0 Å². The van der Waals surface area contributed by atoms with Gasteiger partial charge in [-0.3, -0.25) is 9.36 Å². The third-order valence-corrected chi connectivity index (χ3v) is 7.63. The highest BCUT2D eigenvalue weighted by Gasteiger charge is 2.29. The Morgan fingerprint density at radius 2 is 2.00 bits per heavy atom. The number of hydrogen-bond acceptors (Lipinski definition) is 9. The van der Waals surface area contributed by atoms with Crippen molar-refractivity contribution in [3.05, 3.63) is 47.5 Å². The van der Waals surface area contributed by atoms with Crippen molar-refractivity contribution in [2.75, 3.05) is 43.2 Å². The lowest BCUT2D eigenvalue weighted by Crippen LogP contribution is -2.21. The lowest BCUT2D eigenvalue weighted by atomic mass is 10.1. The molecule has 1 amide bonds. The normalized spacial score (nSPS) is 15.6. The van der Waals surface area contributed by atoms with Crippen LogP contribution in [-0.2, 0) is 23.1 Å². The van der Waals surface area contributed by atoms with Gasteiger partial charge >= 0.3 is 7.60 Å². The van der Waals surface area contributed by atoms with Crippen LogP contribution in [0.2, 0.25) is 5.02 Å². The average Bonchev–Trinajstić information content (AvgIpc) is 3.35. The molecule has 198 valence electrons. The predicted octanol–water partition coefficient (Wildman–Crippen LogP) is 5.54. The summed E-state index contributed by atoms with van der Waals surface area (Å²) in [5.41, 5.74) is 1.36. The summed E-state index contributed by atoms with van der Waals surface area (Å²) in [6, 6.07) is 7.53. The number of ether oxygens (including phenoxy) is 2. The van der Waals surface area contributed by atoms with Crippen molar-refractivity contribution in [1.29, 1.82) is 0 Å². The number of nitrogens with zero attached hydrogens (tertiary/aromatic N) is 2. The van der Waals surface area contributed by atoms with E-state index >= 15 is 0 Å². The molecule has 2 heterocycles. The molecule has 1 fully saturated rings. The number of halogens is 2. The van der Waals surface area contributed by atoms with Crippen molar-refractivity contribution in [1.82, 2.24) is 9.97 Å². The van der Waals surface area contributed by atoms with Gasteiger partial charge in [0.1, 0.15) is 36.0 Å². The first-order valence-electron chi connectivity index (χ1n) is 11.7. The van der Waals surface area contributed by atoms with Crippen LogP contribution in [0.5, 0.6) is 5.75 Å². The monoisotopic (exact) mass is 552 g/mol. The van der Waals surface area contributed by atoms with Crippen LogP contribution in [0.3, 0.4) is 0 Å². The summed E-state index contributed by atoms with van der Waals surface area (Å²) in [4.78, 5) is 21.6. The summed E-state index contributed by atoms with van der Waals surface area (Å²) in [5.74, 6) is -0.352. The molecule has 0 radical (unpaired) electrons. The van der Waals surface area contributed by atoms with Gasteiger partial charge in [0, 0.05) is 23.6 Å². The molecule has 10 nitrogen and oxygen atoms in total. The molecule has 0 saturated carbocycles. The summed E-state index contributed by atoms with van der Waals surface area (Å²) >= 11 is 5.91. The topological polar surface area (TPSA) is 121 Å². The van der Waals surface area contributed by atoms with Crippen LogP contribution in [-0.4, -0.2) is 54.6 Å². The second-order valence-corrected chi connectivity index (χ2v) is 10.6. The van der Waals surface area contributed by atoms with E-state index in [-0.39, 0.29) is 24.3 Å². The van der Waals surface area contributed by atoms with Gasteiger partial charge in [0.2, 0.25) is 5.91 Å². The van der Waals surface area contributed by atoms with Crippen molar-refractivity contribution in [2.24, 2.45) is 0 Å². The molecule has 1 saturated heterocycles. The maximum atomic E-state index is 13.6. The molecule has 13 heteroatoms. The molecule has 37 heavy (non-hydrogen) atoms. The van der Waals surface area contributed by atoms with Crippen molar-refractivity contribution >= 4 is 53.2 Å². The Bertz CT molecular complexity index is 1310. The second kappa shape index (κ2) is 12.1. The van der Waals surface area contributed by atoms with E-state index in [1.807, 2.05) is 0 Å². The van der Waals surface area contributed by atoms with Crippen LogP contribution in [0.4, 0.5) is 21.6 Å². The Kier molecular flexibility index (Phi) is 8.94. The Morgan fingerprint density at radius 3 is 2.68 bits per heavy atom. The molecule has 1 unspecified atom stereocenters. The summed E-state index contributed by atoms with van der Waals surface area (Å²) in [7, 11) is -3.62. The second-order valence-electron chi connectivity index (χ2n) is 8.10. The summed E-state index contributed by atoms with van der Waals surface area (Å²) in [6.07, 6.45) is 1.39. The Hall–Kier alpha value is -2.82. The smallest absolute Gasteiger partial charge is 0.340 e. The molecule has 2 aromatic carbocycles. The standard InChI is InChI=1S/C24H27ClFN4O6P/c1-3-34-37(32,35-4-2)13-23(31)30-21-10-17-20(11-22(21)36-16-7-8-33-12-16)27-14-28-24(17)29-15-5-6-19(26)18(25)9-15/h5-6,9-11,14,16H,3-4,7-8,12-13H2,1-2H3,(H,30,31)(H,27,28,29). The van der Waals surface area contributed by atoms with Gasteiger partial charge in [-0.1, -0.05) is 11.6 Å². The molecular weight excluding hydrogens is 526 g/mol. The fraction of sp³-hybridized carbons (Fsp3) is 0.375. The Balaban J connectivity index is 1.68. The van der Waals surface area contributed by atoms with Gasteiger partial charge in [0.25, 0.3) is 0 Å². The quantitative estimate of drug-likeness (QED) is 0.295. The molecule has 0 spiro atoms. The summed E-state index contributed by atoms with van der Waals surface area (Å²) < 4.78 is 48.5. The van der Waals surface area contributed by atoms with E-state index in [1.165, 1.54) is 24.5 Å². The predicted molar refractivity (Wildman–Crippen MR) is 138 cm³/mol. The number of hydrogen-bond donors (Lipinski definition) is 2. The third-order valence-electron chi connectivity index (χ3n) is 5.36. The zero-order valence-corrected chi connectivity index (χ0v) is 22.0. The van der Waals surface area contributed by atoms with E-state index < -0.39 is 25.5 Å². The minimum Gasteiger partial charge on any atom is -0.486 e. The molecular formula is C24H27ClFN4O6P. The molecule has 1 atom stereocenters. The molecule has 1 aliphatic rings. The molecule has 1 aliphatic heterocycles. The number of nitrogens with one attached hydrogen (secondary N) is 2. The maximum Gasteiger partial charge on any atom is 0.340 e. The number of anilines is 3.